The number of Topliss-reactive ketones (excluding diaryl/α,β-unsaturated/α-hetero) is 1. The Balaban J connectivity index is 2.39. The summed E-state index contributed by atoms with van der Waals surface area (Å²) in [5.41, 5.74) is 0. The minimum atomic E-state index is -0.458. The molecule has 1 N–H and O–H groups in total. The first-order valence-corrected chi connectivity index (χ1v) is 7.57. The molecule has 0 aliphatic carbocycles. The number of hydrogen-bond acceptors (Lipinski definition) is 4. The lowest BCUT2D eigenvalue weighted by Gasteiger charge is -2.23. The van der Waals surface area contributed by atoms with Crippen molar-refractivity contribution >= 4 is 17.6 Å². The monoisotopic (exact) mass is 297 g/mol. The van der Waals surface area contributed by atoms with Gasteiger partial charge in [0.05, 0.1) is 19.1 Å². The molecule has 1 atom stereocenters. The number of likely N-dealkylation sites (tertiary alicyclic amines) is 1. The second kappa shape index (κ2) is 8.12. The van der Waals surface area contributed by atoms with Gasteiger partial charge in [0, 0.05) is 13.1 Å². The third-order valence-corrected chi connectivity index (χ3v) is 3.70. The van der Waals surface area contributed by atoms with Crippen molar-refractivity contribution in [1.82, 2.24) is 15.1 Å². The zero-order valence-corrected chi connectivity index (χ0v) is 13.5. The fraction of sp³-hybridized carbons (Fsp3) is 0.800. The van der Waals surface area contributed by atoms with Gasteiger partial charge in [0.2, 0.25) is 11.8 Å². The summed E-state index contributed by atoms with van der Waals surface area (Å²) < 4.78 is 0. The molecule has 0 radical (unpaired) electrons. The molecule has 1 aliphatic rings. The van der Waals surface area contributed by atoms with Gasteiger partial charge in [-0.3, -0.25) is 19.3 Å². The first-order chi connectivity index (χ1) is 9.81. The molecular weight excluding hydrogens is 270 g/mol. The van der Waals surface area contributed by atoms with Crippen LogP contribution in [-0.4, -0.2) is 66.7 Å². The van der Waals surface area contributed by atoms with Crippen molar-refractivity contribution < 1.29 is 14.4 Å². The molecule has 0 aromatic carbocycles. The van der Waals surface area contributed by atoms with Crippen molar-refractivity contribution in [2.45, 2.75) is 39.7 Å². The molecular formula is C15H27N3O3. The zero-order valence-electron chi connectivity index (χ0n) is 13.5. The molecule has 0 aromatic heterocycles. The second-order valence-corrected chi connectivity index (χ2v) is 6.16. The van der Waals surface area contributed by atoms with Crippen LogP contribution in [0, 0.1) is 5.92 Å². The van der Waals surface area contributed by atoms with Crippen LogP contribution in [0.2, 0.25) is 0 Å². The van der Waals surface area contributed by atoms with Crippen molar-refractivity contribution in [2.75, 3.05) is 33.2 Å². The average Bonchev–Trinajstić information content (AvgIpc) is 2.88. The average molecular weight is 297 g/mol. The number of likely N-dealkylation sites (N-methyl/N-ethyl adjacent to an activating group) is 1. The van der Waals surface area contributed by atoms with E-state index in [4.69, 9.17) is 0 Å². The van der Waals surface area contributed by atoms with E-state index in [1.807, 2.05) is 18.7 Å². The Morgan fingerprint density at radius 1 is 1.14 bits per heavy atom. The molecule has 2 amide bonds. The predicted molar refractivity (Wildman–Crippen MR) is 80.8 cm³/mol. The molecule has 1 fully saturated rings. The third kappa shape index (κ3) is 5.83. The highest BCUT2D eigenvalue weighted by molar-refractivity contribution is 5.88. The van der Waals surface area contributed by atoms with Gasteiger partial charge < -0.3 is 10.2 Å². The molecule has 0 bridgehead atoms. The van der Waals surface area contributed by atoms with E-state index in [0.717, 1.165) is 25.9 Å². The number of rotatable bonds is 7. The zero-order chi connectivity index (χ0) is 16.0. The number of hydrogen-bond donors (Lipinski definition) is 1. The minimum Gasteiger partial charge on any atom is -0.345 e. The molecule has 0 aromatic rings. The highest BCUT2D eigenvalue weighted by Crippen LogP contribution is 2.07. The Labute approximate surface area is 126 Å². The summed E-state index contributed by atoms with van der Waals surface area (Å²) in [7, 11) is 1.74. The fourth-order valence-corrected chi connectivity index (χ4v) is 2.56. The number of nitrogens with zero attached hydrogens (tertiary/aromatic N) is 2. The molecule has 120 valence electrons. The largest absolute Gasteiger partial charge is 0.345 e. The number of carbonyl (C=O) groups excluding carboxylic acids is 3. The van der Waals surface area contributed by atoms with Crippen molar-refractivity contribution in [3.8, 4) is 0 Å². The normalized spacial score (nSPS) is 16.4. The van der Waals surface area contributed by atoms with Gasteiger partial charge in [-0.1, -0.05) is 13.8 Å². The lowest BCUT2D eigenvalue weighted by molar-refractivity contribution is -0.132. The summed E-state index contributed by atoms with van der Waals surface area (Å²) in [4.78, 5) is 38.9. The maximum atomic E-state index is 12.0. The van der Waals surface area contributed by atoms with Crippen LogP contribution in [0.4, 0.5) is 0 Å². The van der Waals surface area contributed by atoms with Crippen LogP contribution < -0.4 is 5.32 Å². The van der Waals surface area contributed by atoms with Crippen LogP contribution in [0.5, 0.6) is 0 Å². The minimum absolute atomic E-state index is 0.0471. The molecule has 1 unspecified atom stereocenters. The Bertz CT molecular complexity index is 390. The van der Waals surface area contributed by atoms with E-state index in [1.165, 1.54) is 6.92 Å². The van der Waals surface area contributed by atoms with E-state index in [9.17, 15) is 14.4 Å². The SMILES string of the molecule is CC(=O)C(NC(=O)CN(C)CC(=O)N1CCCC1)C(C)C. The van der Waals surface area contributed by atoms with Gasteiger partial charge in [-0.05, 0) is 32.7 Å². The summed E-state index contributed by atoms with van der Waals surface area (Å²) in [6.45, 7) is 7.26. The number of amides is 2. The van der Waals surface area contributed by atoms with E-state index in [2.05, 4.69) is 5.32 Å². The number of carbonyl (C=O) groups is 3. The molecule has 21 heavy (non-hydrogen) atoms. The number of nitrogens with one attached hydrogen (secondary N) is 1. The van der Waals surface area contributed by atoms with Crippen LogP contribution in [0.25, 0.3) is 0 Å². The Hall–Kier alpha value is -1.43. The first kappa shape index (κ1) is 17.6. The number of ketones is 1. The third-order valence-electron chi connectivity index (χ3n) is 3.70. The van der Waals surface area contributed by atoms with Crippen molar-refractivity contribution in [3.63, 3.8) is 0 Å². The van der Waals surface area contributed by atoms with Gasteiger partial charge in [-0.2, -0.15) is 0 Å². The smallest absolute Gasteiger partial charge is 0.236 e. The van der Waals surface area contributed by atoms with E-state index in [0.29, 0.717) is 0 Å². The molecule has 0 spiro atoms. The summed E-state index contributed by atoms with van der Waals surface area (Å²) in [6, 6.07) is -0.458. The van der Waals surface area contributed by atoms with E-state index < -0.39 is 6.04 Å². The van der Waals surface area contributed by atoms with E-state index >= 15 is 0 Å². The molecule has 6 nitrogen and oxygen atoms in total. The molecule has 1 rings (SSSR count). The first-order valence-electron chi connectivity index (χ1n) is 7.57. The highest BCUT2D eigenvalue weighted by Gasteiger charge is 2.23. The van der Waals surface area contributed by atoms with Crippen LogP contribution in [0.3, 0.4) is 0 Å². The summed E-state index contributed by atoms with van der Waals surface area (Å²) in [5.74, 6) is -0.146. The maximum Gasteiger partial charge on any atom is 0.236 e. The van der Waals surface area contributed by atoms with Gasteiger partial charge in [-0.15, -0.1) is 0 Å². The second-order valence-electron chi connectivity index (χ2n) is 6.16. The molecule has 1 heterocycles. The Kier molecular flexibility index (Phi) is 6.81. The van der Waals surface area contributed by atoms with Gasteiger partial charge in [-0.25, -0.2) is 0 Å². The van der Waals surface area contributed by atoms with E-state index in [-0.39, 0.29) is 36.6 Å². The van der Waals surface area contributed by atoms with Crippen LogP contribution in [-0.2, 0) is 14.4 Å². The summed E-state index contributed by atoms with van der Waals surface area (Å²) >= 11 is 0. The molecule has 6 heteroatoms. The van der Waals surface area contributed by atoms with Gasteiger partial charge in [0.1, 0.15) is 0 Å². The predicted octanol–water partition coefficient (Wildman–Crippen LogP) is 0.270. The Morgan fingerprint density at radius 3 is 2.19 bits per heavy atom. The summed E-state index contributed by atoms with van der Waals surface area (Å²) in [6.07, 6.45) is 2.12. The Morgan fingerprint density at radius 2 is 1.71 bits per heavy atom. The fourth-order valence-electron chi connectivity index (χ4n) is 2.56. The molecule has 0 saturated carbocycles. The van der Waals surface area contributed by atoms with Gasteiger partial charge in [0.15, 0.2) is 5.78 Å². The van der Waals surface area contributed by atoms with Crippen LogP contribution in [0.1, 0.15) is 33.6 Å². The highest BCUT2D eigenvalue weighted by atomic mass is 16.2. The molecule has 1 aliphatic heterocycles. The summed E-state index contributed by atoms with van der Waals surface area (Å²) in [5, 5.41) is 2.73. The van der Waals surface area contributed by atoms with Crippen molar-refractivity contribution in [2.24, 2.45) is 5.92 Å². The molecule has 1 saturated heterocycles. The van der Waals surface area contributed by atoms with Gasteiger partial charge >= 0.3 is 0 Å². The van der Waals surface area contributed by atoms with E-state index in [1.54, 1.807) is 11.9 Å². The quantitative estimate of drug-likeness (QED) is 0.732. The van der Waals surface area contributed by atoms with Crippen LogP contribution in [0.15, 0.2) is 0 Å². The lowest BCUT2D eigenvalue weighted by atomic mass is 10.0. The standard InChI is InChI=1S/C15H27N3O3/c1-11(2)15(12(3)19)16-13(20)9-17(4)10-14(21)18-7-5-6-8-18/h11,15H,5-10H2,1-4H3,(H,16,20). The topological polar surface area (TPSA) is 69.7 Å². The van der Waals surface area contributed by atoms with Gasteiger partial charge in [0.25, 0.3) is 0 Å². The van der Waals surface area contributed by atoms with Crippen molar-refractivity contribution in [3.05, 3.63) is 0 Å². The maximum absolute atomic E-state index is 12.0. The lowest BCUT2D eigenvalue weighted by Crippen LogP contribution is -2.48. The van der Waals surface area contributed by atoms with Crippen molar-refractivity contribution in [1.29, 1.82) is 0 Å². The van der Waals surface area contributed by atoms with Crippen LogP contribution >= 0.6 is 0 Å².